The summed E-state index contributed by atoms with van der Waals surface area (Å²) in [6.45, 7) is 1.72. The van der Waals surface area contributed by atoms with Gasteiger partial charge in [-0.1, -0.05) is 11.6 Å². The Balaban J connectivity index is 3.09. The van der Waals surface area contributed by atoms with Crippen molar-refractivity contribution >= 4 is 30.1 Å². The molecule has 19 heavy (non-hydrogen) atoms. The van der Waals surface area contributed by atoms with Gasteiger partial charge >= 0.3 is 6.18 Å². The standard InChI is InChI=1S/C12H13ClF3NOS/c1-7(2)17(6-12(14,15)16)11(18)9-5-8(19)3-4-10(9)13/h3-5,7,19H,6H2,1-2H3. The van der Waals surface area contributed by atoms with Gasteiger partial charge in [-0.15, -0.1) is 12.6 Å². The third-order valence-electron chi connectivity index (χ3n) is 2.41. The Labute approximate surface area is 119 Å². The Morgan fingerprint density at radius 1 is 1.42 bits per heavy atom. The molecule has 0 heterocycles. The van der Waals surface area contributed by atoms with Crippen LogP contribution in [0, 0.1) is 0 Å². The zero-order valence-corrected chi connectivity index (χ0v) is 12.0. The molecule has 0 aliphatic rings. The lowest BCUT2D eigenvalue weighted by molar-refractivity contribution is -0.143. The highest BCUT2D eigenvalue weighted by atomic mass is 35.5. The van der Waals surface area contributed by atoms with Crippen LogP contribution in [0.2, 0.25) is 5.02 Å². The first-order valence-corrected chi connectivity index (χ1v) is 6.30. The maximum Gasteiger partial charge on any atom is 0.406 e. The van der Waals surface area contributed by atoms with Crippen molar-refractivity contribution in [2.75, 3.05) is 6.54 Å². The first-order valence-electron chi connectivity index (χ1n) is 5.48. The van der Waals surface area contributed by atoms with Gasteiger partial charge < -0.3 is 4.90 Å². The van der Waals surface area contributed by atoms with Gasteiger partial charge in [-0.05, 0) is 32.0 Å². The number of halogens is 4. The SMILES string of the molecule is CC(C)N(CC(F)(F)F)C(=O)c1cc(S)ccc1Cl. The average Bonchev–Trinajstić information content (AvgIpc) is 2.27. The normalized spacial score (nSPS) is 11.8. The van der Waals surface area contributed by atoms with E-state index in [2.05, 4.69) is 12.6 Å². The largest absolute Gasteiger partial charge is 0.406 e. The van der Waals surface area contributed by atoms with E-state index in [0.717, 1.165) is 4.90 Å². The van der Waals surface area contributed by atoms with Crippen molar-refractivity contribution < 1.29 is 18.0 Å². The van der Waals surface area contributed by atoms with Crippen LogP contribution in [-0.2, 0) is 0 Å². The van der Waals surface area contributed by atoms with Crippen LogP contribution in [0.1, 0.15) is 24.2 Å². The van der Waals surface area contributed by atoms with Crippen molar-refractivity contribution in [2.24, 2.45) is 0 Å². The summed E-state index contributed by atoms with van der Waals surface area (Å²) in [4.78, 5) is 13.3. The Morgan fingerprint density at radius 3 is 2.47 bits per heavy atom. The van der Waals surface area contributed by atoms with Crippen molar-refractivity contribution in [2.45, 2.75) is 31.0 Å². The van der Waals surface area contributed by atoms with E-state index in [4.69, 9.17) is 11.6 Å². The van der Waals surface area contributed by atoms with Crippen LogP contribution in [-0.4, -0.2) is 29.6 Å². The van der Waals surface area contributed by atoms with Gasteiger partial charge in [0.15, 0.2) is 0 Å². The minimum atomic E-state index is -4.45. The molecule has 0 atom stereocenters. The van der Waals surface area contributed by atoms with Gasteiger partial charge in [0.1, 0.15) is 6.54 Å². The van der Waals surface area contributed by atoms with Crippen molar-refractivity contribution in [3.8, 4) is 0 Å². The first-order chi connectivity index (χ1) is 8.61. The first kappa shape index (κ1) is 16.2. The molecule has 0 bridgehead atoms. The second kappa shape index (κ2) is 6.05. The van der Waals surface area contributed by atoms with E-state index in [9.17, 15) is 18.0 Å². The van der Waals surface area contributed by atoms with Gasteiger partial charge in [-0.3, -0.25) is 4.79 Å². The molecule has 0 aliphatic carbocycles. The smallest absolute Gasteiger partial charge is 0.327 e. The molecule has 0 radical (unpaired) electrons. The Hall–Kier alpha value is -0.880. The number of alkyl halides is 3. The fraction of sp³-hybridized carbons (Fsp3) is 0.417. The van der Waals surface area contributed by atoms with E-state index in [-0.39, 0.29) is 10.6 Å². The molecule has 7 heteroatoms. The Bertz CT molecular complexity index is 477. The van der Waals surface area contributed by atoms with Gasteiger partial charge in [-0.25, -0.2) is 0 Å². The average molecular weight is 312 g/mol. The number of thiol groups is 1. The van der Waals surface area contributed by atoms with Crippen molar-refractivity contribution in [1.82, 2.24) is 4.90 Å². The van der Waals surface area contributed by atoms with Crippen LogP contribution in [0.5, 0.6) is 0 Å². The van der Waals surface area contributed by atoms with Crippen molar-refractivity contribution in [3.05, 3.63) is 28.8 Å². The molecular formula is C12H13ClF3NOS. The predicted molar refractivity (Wildman–Crippen MR) is 70.9 cm³/mol. The topological polar surface area (TPSA) is 20.3 Å². The lowest BCUT2D eigenvalue weighted by Gasteiger charge is -2.28. The maximum absolute atomic E-state index is 12.5. The number of amides is 1. The second-order valence-electron chi connectivity index (χ2n) is 4.31. The quantitative estimate of drug-likeness (QED) is 0.835. The molecule has 2 nitrogen and oxygen atoms in total. The summed E-state index contributed by atoms with van der Waals surface area (Å²) >= 11 is 9.90. The molecule has 1 rings (SSSR count). The van der Waals surface area contributed by atoms with E-state index < -0.39 is 24.7 Å². The third-order valence-corrected chi connectivity index (χ3v) is 3.02. The number of benzene rings is 1. The number of carbonyl (C=O) groups excluding carboxylic acids is 1. The third kappa shape index (κ3) is 4.62. The zero-order chi connectivity index (χ0) is 14.8. The molecule has 106 valence electrons. The van der Waals surface area contributed by atoms with E-state index in [1.165, 1.54) is 26.0 Å². The van der Waals surface area contributed by atoms with Gasteiger partial charge in [0.05, 0.1) is 10.6 Å². The van der Waals surface area contributed by atoms with Crippen LogP contribution in [0.25, 0.3) is 0 Å². The lowest BCUT2D eigenvalue weighted by atomic mass is 10.1. The van der Waals surface area contributed by atoms with Gasteiger partial charge in [-0.2, -0.15) is 13.2 Å². The summed E-state index contributed by atoms with van der Waals surface area (Å²) in [5.74, 6) is -0.756. The van der Waals surface area contributed by atoms with Crippen LogP contribution < -0.4 is 0 Å². The van der Waals surface area contributed by atoms with Crippen LogP contribution >= 0.6 is 24.2 Å². The highest BCUT2D eigenvalue weighted by Gasteiger charge is 2.35. The second-order valence-corrected chi connectivity index (χ2v) is 5.23. The molecule has 1 amide bonds. The predicted octanol–water partition coefficient (Wildman–Crippen LogP) is 4.04. The monoisotopic (exact) mass is 311 g/mol. The Kier molecular flexibility index (Phi) is 5.15. The summed E-state index contributed by atoms with van der Waals surface area (Å²) in [6.07, 6.45) is -4.45. The fourth-order valence-corrected chi connectivity index (χ4v) is 1.92. The zero-order valence-electron chi connectivity index (χ0n) is 10.3. The maximum atomic E-state index is 12.5. The van der Waals surface area contributed by atoms with Gasteiger partial charge in [0, 0.05) is 10.9 Å². The van der Waals surface area contributed by atoms with Crippen molar-refractivity contribution in [3.63, 3.8) is 0 Å². The molecule has 0 spiro atoms. The van der Waals surface area contributed by atoms with Gasteiger partial charge in [0.2, 0.25) is 0 Å². The molecule has 0 N–H and O–H groups in total. The lowest BCUT2D eigenvalue weighted by Crippen LogP contribution is -2.43. The highest BCUT2D eigenvalue weighted by molar-refractivity contribution is 7.80. The summed E-state index contributed by atoms with van der Waals surface area (Å²) in [6, 6.07) is 3.77. The summed E-state index contributed by atoms with van der Waals surface area (Å²) in [5.41, 5.74) is 0.0205. The molecule has 0 fully saturated rings. The summed E-state index contributed by atoms with van der Waals surface area (Å²) < 4.78 is 37.4. The number of rotatable bonds is 3. The van der Waals surface area contributed by atoms with E-state index >= 15 is 0 Å². The van der Waals surface area contributed by atoms with Crippen LogP contribution in [0.4, 0.5) is 13.2 Å². The van der Waals surface area contributed by atoms with E-state index in [1.807, 2.05) is 0 Å². The molecule has 0 saturated heterocycles. The number of nitrogens with zero attached hydrogens (tertiary/aromatic N) is 1. The van der Waals surface area contributed by atoms with E-state index in [0.29, 0.717) is 4.90 Å². The number of hydrogen-bond donors (Lipinski definition) is 1. The van der Waals surface area contributed by atoms with E-state index in [1.54, 1.807) is 6.07 Å². The molecule has 0 unspecified atom stereocenters. The molecular weight excluding hydrogens is 299 g/mol. The highest BCUT2D eigenvalue weighted by Crippen LogP contribution is 2.24. The summed E-state index contributed by atoms with van der Waals surface area (Å²) in [7, 11) is 0. The number of hydrogen-bond acceptors (Lipinski definition) is 2. The number of carbonyl (C=O) groups is 1. The molecule has 1 aromatic rings. The summed E-state index contributed by atoms with van der Waals surface area (Å²) in [5, 5.41) is 0.107. The molecule has 0 aromatic heterocycles. The fourth-order valence-electron chi connectivity index (χ4n) is 1.51. The Morgan fingerprint density at radius 2 is 2.00 bits per heavy atom. The molecule has 0 saturated carbocycles. The molecule has 1 aromatic carbocycles. The minimum Gasteiger partial charge on any atom is -0.327 e. The minimum absolute atomic E-state index is 0.0205. The van der Waals surface area contributed by atoms with Crippen LogP contribution in [0.15, 0.2) is 23.1 Å². The van der Waals surface area contributed by atoms with Gasteiger partial charge in [0.25, 0.3) is 5.91 Å². The van der Waals surface area contributed by atoms with Crippen molar-refractivity contribution in [1.29, 1.82) is 0 Å². The van der Waals surface area contributed by atoms with Crippen LogP contribution in [0.3, 0.4) is 0 Å². The molecule has 0 aliphatic heterocycles.